The van der Waals surface area contributed by atoms with Crippen LogP contribution in [0.3, 0.4) is 0 Å². The molecule has 2 aliphatic heterocycles. The van der Waals surface area contributed by atoms with E-state index in [1.54, 1.807) is 0 Å². The number of hydrogen-bond acceptors (Lipinski definition) is 3. The number of nitrogens with zero attached hydrogens (tertiary/aromatic N) is 2. The summed E-state index contributed by atoms with van der Waals surface area (Å²) in [5, 5.41) is 0. The fourth-order valence-corrected chi connectivity index (χ4v) is 3.61. The van der Waals surface area contributed by atoms with Crippen molar-refractivity contribution in [2.75, 3.05) is 44.7 Å². The largest absolute Gasteiger partial charge is 0.304 e. The molecule has 0 radical (unpaired) electrons. The second-order valence-electron chi connectivity index (χ2n) is 4.42. The molecule has 4 heteroatoms. The molecule has 0 spiro atoms. The summed E-state index contributed by atoms with van der Waals surface area (Å²) in [6, 6.07) is 0.724. The van der Waals surface area contributed by atoms with Gasteiger partial charge in [-0.05, 0) is 19.9 Å². The summed E-state index contributed by atoms with van der Waals surface area (Å²) in [5.74, 6) is 1.86. The first kappa shape index (κ1) is 10.6. The molecule has 2 rings (SSSR count). The molecule has 82 valence electrons. The molecule has 2 heterocycles. The molecule has 0 aromatic heterocycles. The second-order valence-corrected chi connectivity index (χ2v) is 6.11. The van der Waals surface area contributed by atoms with Crippen molar-refractivity contribution in [3.8, 4) is 0 Å². The van der Waals surface area contributed by atoms with Crippen LogP contribution in [0.4, 0.5) is 0 Å². The Morgan fingerprint density at radius 1 is 1.07 bits per heavy atom. The van der Waals surface area contributed by atoms with Crippen LogP contribution in [-0.4, -0.2) is 64.8 Å². The highest BCUT2D eigenvalue weighted by molar-refractivity contribution is 7.85. The van der Waals surface area contributed by atoms with Crippen LogP contribution in [0.5, 0.6) is 0 Å². The number of piperazine rings is 1. The topological polar surface area (TPSA) is 23.6 Å². The first-order valence-corrected chi connectivity index (χ1v) is 7.02. The van der Waals surface area contributed by atoms with Crippen molar-refractivity contribution in [2.45, 2.75) is 18.9 Å². The van der Waals surface area contributed by atoms with Gasteiger partial charge in [-0.2, -0.15) is 0 Å². The summed E-state index contributed by atoms with van der Waals surface area (Å²) in [7, 11) is 1.68. The van der Waals surface area contributed by atoms with Gasteiger partial charge in [-0.25, -0.2) is 0 Å². The van der Waals surface area contributed by atoms with Crippen LogP contribution < -0.4 is 0 Å². The first-order valence-electron chi connectivity index (χ1n) is 5.53. The van der Waals surface area contributed by atoms with Gasteiger partial charge in [-0.3, -0.25) is 9.11 Å². The van der Waals surface area contributed by atoms with Crippen molar-refractivity contribution < 1.29 is 4.21 Å². The lowest BCUT2D eigenvalue weighted by atomic mass is 10.1. The van der Waals surface area contributed by atoms with E-state index in [2.05, 4.69) is 16.8 Å². The quantitative estimate of drug-likeness (QED) is 0.623. The van der Waals surface area contributed by atoms with E-state index in [4.69, 9.17) is 0 Å². The Labute approximate surface area is 88.9 Å². The Morgan fingerprint density at radius 2 is 1.64 bits per heavy atom. The van der Waals surface area contributed by atoms with Crippen LogP contribution in [0, 0.1) is 0 Å². The van der Waals surface area contributed by atoms with E-state index in [0.29, 0.717) is 0 Å². The van der Waals surface area contributed by atoms with Crippen molar-refractivity contribution in [1.82, 2.24) is 9.80 Å². The third-order valence-electron chi connectivity index (χ3n) is 3.41. The molecule has 2 aliphatic rings. The third kappa shape index (κ3) is 2.55. The first-order chi connectivity index (χ1) is 6.75. The maximum atomic E-state index is 11.2. The van der Waals surface area contributed by atoms with Crippen LogP contribution in [-0.2, 0) is 10.8 Å². The van der Waals surface area contributed by atoms with Gasteiger partial charge in [0, 0.05) is 54.5 Å². The molecule has 2 saturated heterocycles. The van der Waals surface area contributed by atoms with Crippen molar-refractivity contribution in [3.05, 3.63) is 0 Å². The van der Waals surface area contributed by atoms with E-state index < -0.39 is 10.8 Å². The van der Waals surface area contributed by atoms with Gasteiger partial charge in [0.1, 0.15) is 0 Å². The highest BCUT2D eigenvalue weighted by atomic mass is 32.2. The van der Waals surface area contributed by atoms with Gasteiger partial charge >= 0.3 is 0 Å². The maximum absolute atomic E-state index is 11.2. The second kappa shape index (κ2) is 4.73. The molecule has 0 aromatic rings. The molecular formula is C10H20N2OS. The average molecular weight is 216 g/mol. The molecule has 0 aromatic carbocycles. The molecule has 0 atom stereocenters. The predicted octanol–water partition coefficient (Wildman–Crippen LogP) is 0.145. The lowest BCUT2D eigenvalue weighted by Gasteiger charge is -2.39. The highest BCUT2D eigenvalue weighted by Crippen LogP contribution is 2.17. The minimum Gasteiger partial charge on any atom is -0.304 e. The standard InChI is InChI=1S/C10H20N2OS/c1-11-4-6-12(7-5-11)10-2-8-14(13)9-3-10/h10H,2-9H2,1H3. The molecule has 0 unspecified atom stereocenters. The fraction of sp³-hybridized carbons (Fsp3) is 1.00. The Hall–Kier alpha value is 0.0700. The Morgan fingerprint density at radius 3 is 2.21 bits per heavy atom. The van der Waals surface area contributed by atoms with Gasteiger partial charge in [0.25, 0.3) is 0 Å². The van der Waals surface area contributed by atoms with Crippen LogP contribution in [0.1, 0.15) is 12.8 Å². The number of likely N-dealkylation sites (N-methyl/N-ethyl adjacent to an activating group) is 1. The van der Waals surface area contributed by atoms with E-state index >= 15 is 0 Å². The van der Waals surface area contributed by atoms with Crippen molar-refractivity contribution >= 4 is 10.8 Å². The number of hydrogen-bond donors (Lipinski definition) is 0. The molecule has 0 amide bonds. The Bertz CT molecular complexity index is 204. The fourth-order valence-electron chi connectivity index (χ4n) is 2.33. The summed E-state index contributed by atoms with van der Waals surface area (Å²) < 4.78 is 11.2. The van der Waals surface area contributed by atoms with E-state index in [1.165, 1.54) is 26.2 Å². The Kier molecular flexibility index (Phi) is 3.57. The van der Waals surface area contributed by atoms with Crippen LogP contribution in [0.25, 0.3) is 0 Å². The zero-order valence-electron chi connectivity index (χ0n) is 8.95. The van der Waals surface area contributed by atoms with Gasteiger partial charge in [-0.1, -0.05) is 0 Å². The van der Waals surface area contributed by atoms with E-state index in [1.807, 2.05) is 0 Å². The van der Waals surface area contributed by atoms with Gasteiger partial charge in [0.15, 0.2) is 0 Å². The molecule has 0 saturated carbocycles. The molecule has 0 N–H and O–H groups in total. The van der Waals surface area contributed by atoms with Crippen molar-refractivity contribution in [3.63, 3.8) is 0 Å². The summed E-state index contributed by atoms with van der Waals surface area (Å²) in [6.45, 7) is 4.79. The lowest BCUT2D eigenvalue weighted by Crippen LogP contribution is -2.50. The predicted molar refractivity (Wildman–Crippen MR) is 60.0 cm³/mol. The van der Waals surface area contributed by atoms with Crippen LogP contribution in [0.2, 0.25) is 0 Å². The van der Waals surface area contributed by atoms with Crippen molar-refractivity contribution in [1.29, 1.82) is 0 Å². The van der Waals surface area contributed by atoms with Crippen LogP contribution in [0.15, 0.2) is 0 Å². The molecule has 2 fully saturated rings. The summed E-state index contributed by atoms with van der Waals surface area (Å²) >= 11 is 0. The van der Waals surface area contributed by atoms with Gasteiger partial charge < -0.3 is 4.90 Å². The summed E-state index contributed by atoms with van der Waals surface area (Å²) in [6.07, 6.45) is 2.30. The molecule has 0 aliphatic carbocycles. The van der Waals surface area contributed by atoms with E-state index in [9.17, 15) is 4.21 Å². The molecule has 14 heavy (non-hydrogen) atoms. The lowest BCUT2D eigenvalue weighted by molar-refractivity contribution is 0.106. The Balaban J connectivity index is 1.81. The SMILES string of the molecule is CN1CCN(C2CCS(=O)CC2)CC1. The van der Waals surface area contributed by atoms with E-state index in [0.717, 1.165) is 30.4 Å². The smallest absolute Gasteiger partial charge is 0.0249 e. The zero-order valence-corrected chi connectivity index (χ0v) is 9.76. The summed E-state index contributed by atoms with van der Waals surface area (Å²) in [4.78, 5) is 4.98. The van der Waals surface area contributed by atoms with Crippen molar-refractivity contribution in [2.24, 2.45) is 0 Å². The molecule has 3 nitrogen and oxygen atoms in total. The van der Waals surface area contributed by atoms with E-state index in [-0.39, 0.29) is 0 Å². The minimum absolute atomic E-state index is 0.509. The monoisotopic (exact) mass is 216 g/mol. The molecule has 0 bridgehead atoms. The minimum atomic E-state index is -0.509. The highest BCUT2D eigenvalue weighted by Gasteiger charge is 2.25. The zero-order chi connectivity index (χ0) is 9.97. The van der Waals surface area contributed by atoms with Gasteiger partial charge in [0.05, 0.1) is 0 Å². The average Bonchev–Trinajstić information content (AvgIpc) is 2.21. The third-order valence-corrected chi connectivity index (χ3v) is 4.79. The molecular weight excluding hydrogens is 196 g/mol. The number of rotatable bonds is 1. The van der Waals surface area contributed by atoms with Gasteiger partial charge in [0.2, 0.25) is 0 Å². The maximum Gasteiger partial charge on any atom is 0.0249 e. The normalized spacial score (nSPS) is 37.2. The van der Waals surface area contributed by atoms with Gasteiger partial charge in [-0.15, -0.1) is 0 Å². The summed E-state index contributed by atoms with van der Waals surface area (Å²) in [5.41, 5.74) is 0. The van der Waals surface area contributed by atoms with Crippen LogP contribution >= 0.6 is 0 Å².